The predicted octanol–water partition coefficient (Wildman–Crippen LogP) is 4.64. The van der Waals surface area contributed by atoms with E-state index in [1.54, 1.807) is 10.7 Å². The number of carbonyl (C=O) groups excluding carboxylic acids is 1. The molecule has 0 aliphatic rings. The van der Waals surface area contributed by atoms with Crippen LogP contribution in [0.25, 0.3) is 17.0 Å². The van der Waals surface area contributed by atoms with E-state index in [4.69, 9.17) is 11.6 Å². The topological polar surface area (TPSA) is 109 Å². The van der Waals surface area contributed by atoms with Crippen molar-refractivity contribution in [3.05, 3.63) is 64.3 Å². The first-order valence-corrected chi connectivity index (χ1v) is 12.5. The Morgan fingerprint density at radius 3 is 2.36 bits per heavy atom. The van der Waals surface area contributed by atoms with E-state index in [-0.39, 0.29) is 16.2 Å². The Morgan fingerprint density at radius 1 is 1.12 bits per heavy atom. The molecule has 4 aromatic rings. The van der Waals surface area contributed by atoms with Gasteiger partial charge < -0.3 is 5.32 Å². The molecule has 0 saturated carbocycles. The van der Waals surface area contributed by atoms with Crippen LogP contribution in [0.2, 0.25) is 5.02 Å². The van der Waals surface area contributed by atoms with Gasteiger partial charge in [-0.15, -0.1) is 5.10 Å². The molecule has 0 radical (unpaired) electrons. The third kappa shape index (κ3) is 4.38. The summed E-state index contributed by atoms with van der Waals surface area (Å²) in [6, 6.07) is 11.3. The molecule has 0 bridgehead atoms. The molecule has 0 fully saturated rings. The van der Waals surface area contributed by atoms with E-state index in [1.165, 1.54) is 24.3 Å². The minimum atomic E-state index is -3.34. The monoisotopic (exact) mass is 485 g/mol. The van der Waals surface area contributed by atoms with Crippen molar-refractivity contribution < 1.29 is 13.2 Å². The third-order valence-electron chi connectivity index (χ3n) is 5.28. The first-order chi connectivity index (χ1) is 15.4. The van der Waals surface area contributed by atoms with Crippen LogP contribution in [0.1, 0.15) is 42.4 Å². The van der Waals surface area contributed by atoms with Gasteiger partial charge in [0.2, 0.25) is 0 Å². The highest BCUT2D eigenvalue weighted by Crippen LogP contribution is 2.34. The summed E-state index contributed by atoms with van der Waals surface area (Å²) in [6.45, 7) is 8.04. The molecule has 0 aliphatic heterocycles. The summed E-state index contributed by atoms with van der Waals surface area (Å²) in [4.78, 5) is 17.6. The number of rotatable bonds is 4. The summed E-state index contributed by atoms with van der Waals surface area (Å²) >= 11 is 6.56. The van der Waals surface area contributed by atoms with Gasteiger partial charge in [-0.2, -0.15) is 4.63 Å². The average molecular weight is 486 g/mol. The Kier molecular flexibility index (Phi) is 5.58. The van der Waals surface area contributed by atoms with E-state index in [2.05, 4.69) is 20.5 Å². The second kappa shape index (κ2) is 8.00. The number of aromatic nitrogens is 4. The fourth-order valence-electron chi connectivity index (χ4n) is 3.52. The number of nitrogens with zero attached hydrogens (tertiary/aromatic N) is 3. The van der Waals surface area contributed by atoms with Crippen molar-refractivity contribution in [1.82, 2.24) is 19.8 Å². The fourth-order valence-corrected chi connectivity index (χ4v) is 4.60. The van der Waals surface area contributed by atoms with Gasteiger partial charge in [0.1, 0.15) is 5.02 Å². The Morgan fingerprint density at radius 2 is 1.79 bits per heavy atom. The number of aromatic amines is 1. The number of hydrogen-bond donors (Lipinski definition) is 2. The van der Waals surface area contributed by atoms with Gasteiger partial charge in [0.05, 0.1) is 16.3 Å². The van der Waals surface area contributed by atoms with Gasteiger partial charge in [-0.3, -0.25) is 9.89 Å². The van der Waals surface area contributed by atoms with E-state index in [1.807, 2.05) is 39.8 Å². The molecule has 0 saturated heterocycles. The zero-order chi connectivity index (χ0) is 24.1. The van der Waals surface area contributed by atoms with E-state index in [0.29, 0.717) is 33.3 Å². The standard InChI is InChI=1S/C23H24ClN5O3S/c1-13-7-6-8-16(25-22(30)14-9-11-15(12-10-14)33(5,31)32)17(13)20-26-21-18(24)19(23(2,3)4)27-29(21)28-20/h6-12,27H,1-5H3,(H,25,30). The molecule has 2 N–H and O–H groups in total. The zero-order valence-electron chi connectivity index (χ0n) is 18.9. The lowest BCUT2D eigenvalue weighted by Gasteiger charge is -2.16. The van der Waals surface area contributed by atoms with Crippen LogP contribution < -0.4 is 5.32 Å². The molecule has 2 aromatic heterocycles. The molecule has 0 spiro atoms. The van der Waals surface area contributed by atoms with Gasteiger partial charge in [-0.1, -0.05) is 44.5 Å². The molecule has 0 aliphatic carbocycles. The molecule has 4 rings (SSSR count). The number of halogens is 1. The molecule has 10 heteroatoms. The van der Waals surface area contributed by atoms with Gasteiger partial charge >= 0.3 is 0 Å². The van der Waals surface area contributed by atoms with E-state index in [0.717, 1.165) is 17.5 Å². The molecule has 0 atom stereocenters. The Balaban J connectivity index is 1.70. The van der Waals surface area contributed by atoms with Crippen LogP contribution in [-0.2, 0) is 15.3 Å². The molecular weight excluding hydrogens is 462 g/mol. The van der Waals surface area contributed by atoms with Crippen molar-refractivity contribution in [2.24, 2.45) is 0 Å². The number of carbonyl (C=O) groups is 1. The van der Waals surface area contributed by atoms with Gasteiger partial charge in [0.25, 0.3) is 5.91 Å². The Hall–Kier alpha value is -3.17. The molecule has 2 aromatic carbocycles. The number of amides is 1. The van der Waals surface area contributed by atoms with Crippen LogP contribution in [0.4, 0.5) is 5.69 Å². The Bertz CT molecular complexity index is 1480. The van der Waals surface area contributed by atoms with Crippen molar-refractivity contribution in [2.75, 3.05) is 11.6 Å². The van der Waals surface area contributed by atoms with E-state index < -0.39 is 9.84 Å². The molecule has 0 unspecified atom stereocenters. The largest absolute Gasteiger partial charge is 0.321 e. The van der Waals surface area contributed by atoms with Crippen molar-refractivity contribution in [1.29, 1.82) is 0 Å². The third-order valence-corrected chi connectivity index (χ3v) is 6.77. The number of anilines is 1. The van der Waals surface area contributed by atoms with Crippen LogP contribution in [0.15, 0.2) is 47.4 Å². The maximum atomic E-state index is 12.9. The first kappa shape index (κ1) is 23.0. The highest BCUT2D eigenvalue weighted by molar-refractivity contribution is 7.90. The van der Waals surface area contributed by atoms with Crippen molar-refractivity contribution in [2.45, 2.75) is 38.0 Å². The molecule has 1 amide bonds. The second-order valence-corrected chi connectivity index (χ2v) is 11.4. The number of hydrogen-bond acceptors (Lipinski definition) is 5. The summed E-state index contributed by atoms with van der Waals surface area (Å²) < 4.78 is 24.9. The highest BCUT2D eigenvalue weighted by Gasteiger charge is 2.25. The lowest BCUT2D eigenvalue weighted by Crippen LogP contribution is -2.14. The smallest absolute Gasteiger partial charge is 0.255 e. The lowest BCUT2D eigenvalue weighted by atomic mass is 9.92. The lowest BCUT2D eigenvalue weighted by molar-refractivity contribution is 0.102. The van der Waals surface area contributed by atoms with E-state index in [9.17, 15) is 13.2 Å². The van der Waals surface area contributed by atoms with E-state index >= 15 is 0 Å². The van der Waals surface area contributed by atoms with Gasteiger partial charge in [-0.05, 0) is 42.8 Å². The highest BCUT2D eigenvalue weighted by atomic mass is 35.5. The zero-order valence-corrected chi connectivity index (χ0v) is 20.5. The normalized spacial score (nSPS) is 12.3. The number of nitrogens with one attached hydrogen (secondary N) is 2. The molecular formula is C23H24ClN5O3S. The minimum absolute atomic E-state index is 0.152. The number of aryl methyl sites for hydroxylation is 1. The summed E-state index contributed by atoms with van der Waals surface area (Å²) in [7, 11) is -3.34. The SMILES string of the molecule is Cc1cccc(NC(=O)c2ccc(S(C)(=O)=O)cc2)c1-c1nc2c(Cl)c(C(C)(C)C)[nH]n2n1. The maximum absolute atomic E-state index is 12.9. The number of fused-ring (bicyclic) bond motifs is 1. The van der Waals surface area contributed by atoms with Crippen LogP contribution in [-0.4, -0.2) is 40.4 Å². The Labute approximate surface area is 196 Å². The minimum Gasteiger partial charge on any atom is -0.321 e. The molecule has 33 heavy (non-hydrogen) atoms. The van der Waals surface area contributed by atoms with Crippen LogP contribution in [0, 0.1) is 6.92 Å². The number of benzene rings is 2. The van der Waals surface area contributed by atoms with Crippen LogP contribution in [0.5, 0.6) is 0 Å². The molecule has 172 valence electrons. The second-order valence-electron chi connectivity index (χ2n) is 8.97. The number of H-pyrrole nitrogens is 1. The van der Waals surface area contributed by atoms with Crippen LogP contribution in [0.3, 0.4) is 0 Å². The van der Waals surface area contributed by atoms with Gasteiger partial charge in [0.15, 0.2) is 21.3 Å². The first-order valence-electron chi connectivity index (χ1n) is 10.2. The van der Waals surface area contributed by atoms with Crippen molar-refractivity contribution >= 4 is 38.7 Å². The number of sulfone groups is 1. The molecule has 2 heterocycles. The van der Waals surface area contributed by atoms with Crippen molar-refractivity contribution in [3.8, 4) is 11.4 Å². The van der Waals surface area contributed by atoms with Gasteiger partial charge in [-0.25, -0.2) is 13.4 Å². The fraction of sp³-hybridized carbons (Fsp3) is 0.261. The molecule has 8 nitrogen and oxygen atoms in total. The summed E-state index contributed by atoms with van der Waals surface area (Å²) in [5.41, 5.74) is 3.55. The van der Waals surface area contributed by atoms with Crippen LogP contribution >= 0.6 is 11.6 Å². The average Bonchev–Trinajstić information content (AvgIpc) is 3.26. The summed E-state index contributed by atoms with van der Waals surface area (Å²) in [5, 5.41) is 11.2. The predicted molar refractivity (Wildman–Crippen MR) is 129 cm³/mol. The summed E-state index contributed by atoms with van der Waals surface area (Å²) in [5.74, 6) is 0.0455. The quantitative estimate of drug-likeness (QED) is 0.437. The summed E-state index contributed by atoms with van der Waals surface area (Å²) in [6.07, 6.45) is 1.12. The van der Waals surface area contributed by atoms with Crippen molar-refractivity contribution in [3.63, 3.8) is 0 Å². The van der Waals surface area contributed by atoms with Gasteiger partial charge in [0, 0.05) is 22.8 Å². The maximum Gasteiger partial charge on any atom is 0.255 e.